The highest BCUT2D eigenvalue weighted by Gasteiger charge is 2.32. The van der Waals surface area contributed by atoms with Crippen molar-refractivity contribution in [3.8, 4) is 0 Å². The third-order valence-electron chi connectivity index (χ3n) is 2.65. The van der Waals surface area contributed by atoms with Crippen molar-refractivity contribution in [1.29, 1.82) is 0 Å². The highest BCUT2D eigenvalue weighted by molar-refractivity contribution is 6.33. The molecular weight excluding hydrogens is 268 g/mol. The Hall–Kier alpha value is -1.75. The molecule has 0 bridgehead atoms. The quantitative estimate of drug-likeness (QED) is 0.742. The van der Waals surface area contributed by atoms with Crippen LogP contribution in [0.15, 0.2) is 18.2 Å². The van der Waals surface area contributed by atoms with Crippen LogP contribution in [0, 0.1) is 5.41 Å². The molecule has 0 saturated heterocycles. The maximum absolute atomic E-state index is 12.0. The van der Waals surface area contributed by atoms with Gasteiger partial charge in [-0.1, -0.05) is 32.4 Å². The number of carboxylic acids is 1. The van der Waals surface area contributed by atoms with Gasteiger partial charge in [-0.15, -0.1) is 0 Å². The van der Waals surface area contributed by atoms with E-state index < -0.39 is 23.3 Å². The van der Waals surface area contributed by atoms with Crippen molar-refractivity contribution >= 4 is 29.2 Å². The molecule has 1 aromatic rings. The van der Waals surface area contributed by atoms with Gasteiger partial charge in [0.2, 0.25) is 0 Å². The van der Waals surface area contributed by atoms with E-state index in [0.29, 0.717) is 5.02 Å². The molecule has 19 heavy (non-hydrogen) atoms. The maximum atomic E-state index is 12.0. The normalized spacial score (nSPS) is 12.8. The van der Waals surface area contributed by atoms with Gasteiger partial charge in [-0.2, -0.15) is 0 Å². The molecule has 0 heterocycles. The summed E-state index contributed by atoms with van der Waals surface area (Å²) in [5, 5.41) is 12.0. The van der Waals surface area contributed by atoms with E-state index >= 15 is 0 Å². The zero-order valence-corrected chi connectivity index (χ0v) is 11.8. The molecule has 6 heteroatoms. The Kier molecular flexibility index (Phi) is 4.42. The van der Waals surface area contributed by atoms with Gasteiger partial charge in [0, 0.05) is 5.56 Å². The van der Waals surface area contributed by atoms with Crippen LogP contribution in [0.4, 0.5) is 5.69 Å². The summed E-state index contributed by atoms with van der Waals surface area (Å²) in [5.74, 6) is -1.58. The van der Waals surface area contributed by atoms with Crippen LogP contribution in [0.25, 0.3) is 0 Å². The molecule has 0 aromatic heterocycles. The number of nitrogen functional groups attached to an aromatic ring is 1. The van der Waals surface area contributed by atoms with Gasteiger partial charge in [-0.05, 0) is 23.6 Å². The number of carbonyl (C=O) groups excluding carboxylic acids is 1. The number of carbonyl (C=O) groups is 2. The third-order valence-corrected chi connectivity index (χ3v) is 2.99. The molecule has 4 N–H and O–H groups in total. The summed E-state index contributed by atoms with van der Waals surface area (Å²) in [6.07, 6.45) is 0. The number of nitrogens with one attached hydrogen (secondary N) is 1. The number of benzene rings is 1. The molecule has 0 radical (unpaired) electrons. The van der Waals surface area contributed by atoms with Crippen molar-refractivity contribution in [3.63, 3.8) is 0 Å². The van der Waals surface area contributed by atoms with E-state index in [1.54, 1.807) is 20.8 Å². The molecule has 0 fully saturated rings. The lowest BCUT2D eigenvalue weighted by Gasteiger charge is -2.27. The molecule has 5 nitrogen and oxygen atoms in total. The molecule has 0 saturated carbocycles. The number of hydrogen-bond donors (Lipinski definition) is 3. The fourth-order valence-corrected chi connectivity index (χ4v) is 1.67. The van der Waals surface area contributed by atoms with E-state index in [2.05, 4.69) is 5.32 Å². The maximum Gasteiger partial charge on any atom is 0.326 e. The highest BCUT2D eigenvalue weighted by atomic mass is 35.5. The van der Waals surface area contributed by atoms with Crippen LogP contribution >= 0.6 is 11.6 Å². The number of halogens is 1. The summed E-state index contributed by atoms with van der Waals surface area (Å²) in [6, 6.07) is 3.42. The van der Waals surface area contributed by atoms with Crippen molar-refractivity contribution in [2.24, 2.45) is 5.41 Å². The summed E-state index contributed by atoms with van der Waals surface area (Å²) in [5.41, 5.74) is 5.56. The van der Waals surface area contributed by atoms with E-state index in [1.807, 2.05) is 0 Å². The Labute approximate surface area is 116 Å². The molecule has 0 aliphatic rings. The zero-order chi connectivity index (χ0) is 14.8. The van der Waals surface area contributed by atoms with E-state index in [4.69, 9.17) is 22.4 Å². The van der Waals surface area contributed by atoms with Crippen LogP contribution in [-0.4, -0.2) is 23.0 Å². The topological polar surface area (TPSA) is 92.4 Å². The van der Waals surface area contributed by atoms with Gasteiger partial charge in [0.15, 0.2) is 0 Å². The number of aliphatic carboxylic acids is 1. The van der Waals surface area contributed by atoms with Gasteiger partial charge in [-0.25, -0.2) is 4.79 Å². The Morgan fingerprint density at radius 2 is 1.95 bits per heavy atom. The number of nitrogens with two attached hydrogens (primary N) is 1. The Bertz CT molecular complexity index is 509. The number of rotatable bonds is 3. The lowest BCUT2D eigenvalue weighted by Crippen LogP contribution is -2.49. The lowest BCUT2D eigenvalue weighted by molar-refractivity contribution is -0.142. The molecule has 104 valence electrons. The number of amides is 1. The first-order chi connectivity index (χ1) is 8.62. The zero-order valence-electron chi connectivity index (χ0n) is 11.0. The van der Waals surface area contributed by atoms with Crippen molar-refractivity contribution in [2.45, 2.75) is 26.8 Å². The fourth-order valence-electron chi connectivity index (χ4n) is 1.55. The monoisotopic (exact) mass is 284 g/mol. The van der Waals surface area contributed by atoms with Crippen molar-refractivity contribution < 1.29 is 14.7 Å². The molecule has 0 aliphatic carbocycles. The Morgan fingerprint density at radius 3 is 2.37 bits per heavy atom. The second-order valence-electron chi connectivity index (χ2n) is 5.35. The van der Waals surface area contributed by atoms with Crippen LogP contribution in [0.2, 0.25) is 5.02 Å². The molecule has 1 amide bonds. The number of hydrogen-bond acceptors (Lipinski definition) is 3. The second kappa shape index (κ2) is 5.48. The van der Waals surface area contributed by atoms with E-state index in [-0.39, 0.29) is 11.3 Å². The van der Waals surface area contributed by atoms with E-state index in [9.17, 15) is 9.59 Å². The van der Waals surface area contributed by atoms with Gasteiger partial charge >= 0.3 is 5.97 Å². The van der Waals surface area contributed by atoms with Crippen LogP contribution in [0.1, 0.15) is 31.1 Å². The molecule has 0 spiro atoms. The average Bonchev–Trinajstić information content (AvgIpc) is 2.27. The fraction of sp³-hybridized carbons (Fsp3) is 0.385. The summed E-state index contributed by atoms with van der Waals surface area (Å²) in [4.78, 5) is 23.2. The van der Waals surface area contributed by atoms with Crippen LogP contribution in [-0.2, 0) is 4.79 Å². The Morgan fingerprint density at radius 1 is 1.37 bits per heavy atom. The van der Waals surface area contributed by atoms with E-state index in [0.717, 1.165) is 0 Å². The summed E-state index contributed by atoms with van der Waals surface area (Å²) in [7, 11) is 0. The molecule has 1 unspecified atom stereocenters. The largest absolute Gasteiger partial charge is 0.480 e. The SMILES string of the molecule is CC(C)(C)C(NC(=O)c1ccc(Cl)c(N)c1)C(=O)O. The van der Waals surface area contributed by atoms with Crippen LogP contribution in [0.5, 0.6) is 0 Å². The number of carboxylic acid groups (broad SMARTS) is 1. The minimum absolute atomic E-state index is 0.275. The predicted octanol–water partition coefficient (Wildman–Crippen LogP) is 2.15. The summed E-state index contributed by atoms with van der Waals surface area (Å²) >= 11 is 5.76. The standard InChI is InChI=1S/C13H17ClN2O3/c1-13(2,3)10(12(18)19)16-11(17)7-4-5-8(14)9(15)6-7/h4-6,10H,15H2,1-3H3,(H,16,17)(H,18,19). The molecule has 1 aromatic carbocycles. The Balaban J connectivity index is 2.94. The first kappa shape index (κ1) is 15.3. The number of anilines is 1. The third kappa shape index (κ3) is 3.86. The van der Waals surface area contributed by atoms with Crippen LogP contribution in [0.3, 0.4) is 0 Å². The van der Waals surface area contributed by atoms with Gasteiger partial charge in [0.1, 0.15) is 6.04 Å². The van der Waals surface area contributed by atoms with Crippen molar-refractivity contribution in [2.75, 3.05) is 5.73 Å². The molecule has 0 aliphatic heterocycles. The molecule has 1 atom stereocenters. The predicted molar refractivity (Wildman–Crippen MR) is 74.2 cm³/mol. The average molecular weight is 285 g/mol. The lowest BCUT2D eigenvalue weighted by atomic mass is 9.86. The summed E-state index contributed by atoms with van der Waals surface area (Å²) in [6.45, 7) is 5.22. The minimum Gasteiger partial charge on any atom is -0.480 e. The highest BCUT2D eigenvalue weighted by Crippen LogP contribution is 2.22. The second-order valence-corrected chi connectivity index (χ2v) is 5.75. The van der Waals surface area contributed by atoms with Gasteiger partial charge in [0.25, 0.3) is 5.91 Å². The van der Waals surface area contributed by atoms with Crippen molar-refractivity contribution in [1.82, 2.24) is 5.32 Å². The minimum atomic E-state index is -1.08. The van der Waals surface area contributed by atoms with E-state index in [1.165, 1.54) is 18.2 Å². The van der Waals surface area contributed by atoms with Gasteiger partial charge in [-0.3, -0.25) is 4.79 Å². The van der Waals surface area contributed by atoms with Gasteiger partial charge < -0.3 is 16.2 Å². The first-order valence-corrected chi connectivity index (χ1v) is 6.09. The molecule has 1 rings (SSSR count). The molecular formula is C13H17ClN2O3. The van der Waals surface area contributed by atoms with Crippen molar-refractivity contribution in [3.05, 3.63) is 28.8 Å². The smallest absolute Gasteiger partial charge is 0.326 e. The first-order valence-electron chi connectivity index (χ1n) is 5.71. The van der Waals surface area contributed by atoms with Gasteiger partial charge in [0.05, 0.1) is 10.7 Å². The summed E-state index contributed by atoms with van der Waals surface area (Å²) < 4.78 is 0. The van der Waals surface area contributed by atoms with Crippen LogP contribution < -0.4 is 11.1 Å².